The second-order valence-electron chi connectivity index (χ2n) is 5.06. The molecule has 6 heteroatoms. The number of benzene rings is 1. The highest BCUT2D eigenvalue weighted by atomic mass is 32.2. The van der Waals surface area contributed by atoms with Gasteiger partial charge in [0.2, 0.25) is 5.91 Å². The molecule has 5 nitrogen and oxygen atoms in total. The highest BCUT2D eigenvalue weighted by Crippen LogP contribution is 2.25. The fourth-order valence-electron chi connectivity index (χ4n) is 2.30. The Morgan fingerprint density at radius 1 is 1.47 bits per heavy atom. The molecule has 0 aromatic heterocycles. The molecular weight excluding hydrogens is 264 g/mol. The van der Waals surface area contributed by atoms with E-state index in [-0.39, 0.29) is 23.7 Å². The first kappa shape index (κ1) is 13.9. The van der Waals surface area contributed by atoms with Crippen molar-refractivity contribution in [1.29, 1.82) is 0 Å². The number of amides is 1. The highest BCUT2D eigenvalue weighted by Gasteiger charge is 2.27. The molecule has 0 bridgehead atoms. The van der Waals surface area contributed by atoms with Crippen molar-refractivity contribution in [1.82, 2.24) is 5.32 Å². The van der Waals surface area contributed by atoms with Crippen molar-refractivity contribution in [3.63, 3.8) is 0 Å². The van der Waals surface area contributed by atoms with Crippen LogP contribution >= 0.6 is 0 Å². The Morgan fingerprint density at radius 3 is 2.79 bits per heavy atom. The molecule has 1 aromatic carbocycles. The quantitative estimate of drug-likeness (QED) is 0.847. The first-order valence-electron chi connectivity index (χ1n) is 6.18. The third-order valence-corrected chi connectivity index (χ3v) is 4.13. The Labute approximate surface area is 113 Å². The van der Waals surface area contributed by atoms with E-state index >= 15 is 0 Å². The molecule has 2 N–H and O–H groups in total. The van der Waals surface area contributed by atoms with Gasteiger partial charge in [-0.2, -0.15) is 0 Å². The van der Waals surface area contributed by atoms with Crippen LogP contribution in [0.25, 0.3) is 0 Å². The summed E-state index contributed by atoms with van der Waals surface area (Å²) in [4.78, 5) is 12.0. The third-order valence-electron chi connectivity index (χ3n) is 3.03. The van der Waals surface area contributed by atoms with Gasteiger partial charge in [-0.25, -0.2) is 8.42 Å². The summed E-state index contributed by atoms with van der Waals surface area (Å²) in [5, 5.41) is 5.87. The topological polar surface area (TPSA) is 75.3 Å². The maximum atomic E-state index is 12.0. The highest BCUT2D eigenvalue weighted by molar-refractivity contribution is 7.90. The number of carbonyl (C=O) groups excluding carboxylic acids is 1. The van der Waals surface area contributed by atoms with Crippen molar-refractivity contribution in [2.75, 3.05) is 17.3 Å². The van der Waals surface area contributed by atoms with E-state index in [0.29, 0.717) is 6.42 Å². The lowest BCUT2D eigenvalue weighted by Crippen LogP contribution is -2.45. The molecule has 0 spiro atoms. The number of hydrogen-bond acceptors (Lipinski definition) is 4. The number of rotatable bonds is 4. The minimum Gasteiger partial charge on any atom is -0.373 e. The van der Waals surface area contributed by atoms with Crippen LogP contribution in [0.15, 0.2) is 24.3 Å². The number of hydrogen-bond donors (Lipinski definition) is 2. The van der Waals surface area contributed by atoms with Crippen LogP contribution in [-0.2, 0) is 21.1 Å². The first-order valence-corrected chi connectivity index (χ1v) is 8.24. The lowest BCUT2D eigenvalue weighted by molar-refractivity contribution is -0.122. The summed E-state index contributed by atoms with van der Waals surface area (Å²) in [5.41, 5.74) is 2.08. The largest absolute Gasteiger partial charge is 0.373 e. The fourth-order valence-corrected chi connectivity index (χ4v) is 3.29. The van der Waals surface area contributed by atoms with Crippen LogP contribution in [0.3, 0.4) is 0 Å². The molecule has 2 rings (SSSR count). The molecule has 1 aliphatic rings. The van der Waals surface area contributed by atoms with E-state index in [4.69, 9.17) is 0 Å². The Kier molecular flexibility index (Phi) is 3.80. The smallest absolute Gasteiger partial charge is 0.243 e. The van der Waals surface area contributed by atoms with Crippen LogP contribution in [0.4, 0.5) is 5.69 Å². The maximum Gasteiger partial charge on any atom is 0.243 e. The van der Waals surface area contributed by atoms with E-state index in [2.05, 4.69) is 10.6 Å². The molecular formula is C13H18N2O3S. The predicted molar refractivity (Wildman–Crippen MR) is 74.9 cm³/mol. The van der Waals surface area contributed by atoms with Crippen molar-refractivity contribution in [3.05, 3.63) is 29.8 Å². The third kappa shape index (κ3) is 3.70. The Balaban J connectivity index is 1.93. The Hall–Kier alpha value is -1.56. The minimum absolute atomic E-state index is 0.0432. The van der Waals surface area contributed by atoms with Crippen LogP contribution in [-0.4, -0.2) is 38.4 Å². The van der Waals surface area contributed by atoms with Gasteiger partial charge in [-0.15, -0.1) is 0 Å². The fraction of sp³-hybridized carbons (Fsp3) is 0.462. The van der Waals surface area contributed by atoms with Gasteiger partial charge >= 0.3 is 0 Å². The Morgan fingerprint density at radius 2 is 2.16 bits per heavy atom. The van der Waals surface area contributed by atoms with Gasteiger partial charge in [-0.3, -0.25) is 4.79 Å². The molecule has 0 saturated carbocycles. The van der Waals surface area contributed by atoms with Crippen LogP contribution in [0.2, 0.25) is 0 Å². The molecule has 0 saturated heterocycles. The molecule has 1 heterocycles. The number of para-hydroxylation sites is 1. The summed E-state index contributed by atoms with van der Waals surface area (Å²) in [6, 6.07) is 7.07. The number of fused-ring (bicyclic) bond motifs is 1. The summed E-state index contributed by atoms with van der Waals surface area (Å²) < 4.78 is 22.3. The molecule has 2 atom stereocenters. The molecule has 0 fully saturated rings. The number of anilines is 1. The van der Waals surface area contributed by atoms with Gasteiger partial charge in [0.05, 0.1) is 5.75 Å². The zero-order valence-corrected chi connectivity index (χ0v) is 11.8. The summed E-state index contributed by atoms with van der Waals surface area (Å²) in [7, 11) is -3.08. The SMILES string of the molecule is CC(CS(C)(=O)=O)NC(=O)[C@@H]1Cc2ccccc2N1. The summed E-state index contributed by atoms with van der Waals surface area (Å²) in [5.74, 6) is -0.203. The molecule has 1 amide bonds. The first-order chi connectivity index (χ1) is 8.85. The van der Waals surface area contributed by atoms with E-state index in [1.165, 1.54) is 6.26 Å². The van der Waals surface area contributed by atoms with Gasteiger partial charge in [0.25, 0.3) is 0 Å². The molecule has 19 heavy (non-hydrogen) atoms. The predicted octanol–water partition coefficient (Wildman–Crippen LogP) is 0.572. The van der Waals surface area contributed by atoms with Crippen LogP contribution in [0.5, 0.6) is 0 Å². The molecule has 0 aliphatic carbocycles. The lowest BCUT2D eigenvalue weighted by Gasteiger charge is -2.16. The lowest BCUT2D eigenvalue weighted by atomic mass is 10.1. The summed E-state index contributed by atoms with van der Waals surface area (Å²) >= 11 is 0. The molecule has 104 valence electrons. The van der Waals surface area contributed by atoms with Crippen LogP contribution in [0.1, 0.15) is 12.5 Å². The van der Waals surface area contributed by atoms with Gasteiger partial charge in [-0.1, -0.05) is 18.2 Å². The minimum atomic E-state index is -3.08. The zero-order chi connectivity index (χ0) is 14.0. The number of carbonyl (C=O) groups is 1. The van der Waals surface area contributed by atoms with Crippen molar-refractivity contribution in [2.24, 2.45) is 0 Å². The van der Waals surface area contributed by atoms with Gasteiger partial charge in [-0.05, 0) is 18.6 Å². The summed E-state index contributed by atoms with van der Waals surface area (Å²) in [6.45, 7) is 1.70. The van der Waals surface area contributed by atoms with E-state index in [0.717, 1.165) is 11.3 Å². The normalized spacial score (nSPS) is 19.4. The molecule has 1 aromatic rings. The second-order valence-corrected chi connectivity index (χ2v) is 7.25. The zero-order valence-electron chi connectivity index (χ0n) is 11.0. The van der Waals surface area contributed by atoms with Crippen molar-refractivity contribution < 1.29 is 13.2 Å². The van der Waals surface area contributed by atoms with Gasteiger partial charge in [0.1, 0.15) is 15.9 Å². The average molecular weight is 282 g/mol. The van der Waals surface area contributed by atoms with Crippen LogP contribution < -0.4 is 10.6 Å². The monoisotopic (exact) mass is 282 g/mol. The van der Waals surface area contributed by atoms with Gasteiger partial charge in [0, 0.05) is 24.4 Å². The maximum absolute atomic E-state index is 12.0. The second kappa shape index (κ2) is 5.21. The average Bonchev–Trinajstić information content (AvgIpc) is 2.69. The van der Waals surface area contributed by atoms with E-state index in [1.54, 1.807) is 6.92 Å². The number of sulfone groups is 1. The molecule has 1 aliphatic heterocycles. The van der Waals surface area contributed by atoms with Crippen molar-refractivity contribution in [3.8, 4) is 0 Å². The standard InChI is InChI=1S/C13H18N2O3S/c1-9(8-19(2,17)18)14-13(16)12-7-10-5-3-4-6-11(10)15-12/h3-6,9,12,15H,7-8H2,1-2H3,(H,14,16)/t9?,12-/m0/s1. The van der Waals surface area contributed by atoms with E-state index in [1.807, 2.05) is 24.3 Å². The van der Waals surface area contributed by atoms with Crippen molar-refractivity contribution >= 4 is 21.4 Å². The van der Waals surface area contributed by atoms with E-state index < -0.39 is 9.84 Å². The molecule has 0 radical (unpaired) electrons. The Bertz CT molecular complexity index is 558. The van der Waals surface area contributed by atoms with E-state index in [9.17, 15) is 13.2 Å². The molecule has 1 unspecified atom stereocenters. The summed E-state index contributed by atoms with van der Waals surface area (Å²) in [6.07, 6.45) is 1.80. The van der Waals surface area contributed by atoms with Gasteiger partial charge in [0.15, 0.2) is 0 Å². The van der Waals surface area contributed by atoms with Crippen molar-refractivity contribution in [2.45, 2.75) is 25.4 Å². The number of nitrogens with one attached hydrogen (secondary N) is 2. The van der Waals surface area contributed by atoms with Gasteiger partial charge < -0.3 is 10.6 Å². The van der Waals surface area contributed by atoms with Crippen LogP contribution in [0, 0.1) is 0 Å².